The Balaban J connectivity index is 0.00000192. The lowest BCUT2D eigenvalue weighted by Gasteiger charge is -2.29. The van der Waals surface area contributed by atoms with E-state index in [2.05, 4.69) is 5.87 Å². The highest BCUT2D eigenvalue weighted by Gasteiger charge is 2.59. The molecule has 9 heteroatoms. The highest BCUT2D eigenvalue weighted by atomic mass is 32.2. The molecule has 0 radical (unpaired) electrons. The Bertz CT molecular complexity index is 543. The first-order valence-corrected chi connectivity index (χ1v) is 9.35. The van der Waals surface area contributed by atoms with E-state index in [0.29, 0.717) is 6.61 Å². The van der Waals surface area contributed by atoms with Crippen molar-refractivity contribution in [2.24, 2.45) is 0 Å². The average Bonchev–Trinajstić information content (AvgIpc) is 2.89. The first-order chi connectivity index (χ1) is 9.96. The monoisotopic (exact) mass is 354 g/mol. The maximum atomic E-state index is 12.0. The van der Waals surface area contributed by atoms with Crippen molar-refractivity contribution >= 4 is 15.7 Å². The summed E-state index contributed by atoms with van der Waals surface area (Å²) in [5.41, 5.74) is 0. The van der Waals surface area contributed by atoms with Gasteiger partial charge in [-0.3, -0.25) is 4.18 Å². The van der Waals surface area contributed by atoms with Crippen LogP contribution in [0.5, 0.6) is 0 Å². The summed E-state index contributed by atoms with van der Waals surface area (Å²) in [6.07, 6.45) is -1.05. The van der Waals surface area contributed by atoms with Gasteiger partial charge in [-0.25, -0.2) is 4.21 Å². The van der Waals surface area contributed by atoms with Crippen LogP contribution in [0.4, 0.5) is 0 Å². The molecule has 1 unspecified atom stereocenters. The van der Waals surface area contributed by atoms with Crippen LogP contribution in [0.2, 0.25) is 0 Å². The molecule has 2 N–H and O–H groups in total. The second kappa shape index (κ2) is 5.92. The third-order valence-electron chi connectivity index (χ3n) is 3.74. The molecule has 0 amide bonds. The highest BCUT2D eigenvalue weighted by Crippen LogP contribution is 2.42. The van der Waals surface area contributed by atoms with E-state index in [9.17, 15) is 4.21 Å². The minimum absolute atomic E-state index is 0. The van der Waals surface area contributed by atoms with Gasteiger partial charge < -0.3 is 29.2 Å². The molecule has 3 aliphatic rings. The molecule has 0 spiro atoms. The summed E-state index contributed by atoms with van der Waals surface area (Å²) in [5.74, 6) is 2.10. The average molecular weight is 354 g/mol. The molecule has 136 valence electrons. The topological polar surface area (TPSA) is 104 Å². The van der Waals surface area contributed by atoms with Gasteiger partial charge in [0, 0.05) is 6.26 Å². The fourth-order valence-corrected chi connectivity index (χ4v) is 3.71. The van der Waals surface area contributed by atoms with Crippen LogP contribution in [0.25, 0.3) is 0 Å². The van der Waals surface area contributed by atoms with Crippen molar-refractivity contribution in [2.75, 3.05) is 12.9 Å². The smallest absolute Gasteiger partial charge is 0.190 e. The fraction of sp³-hybridized carbons (Fsp3) is 0.929. The summed E-state index contributed by atoms with van der Waals surface area (Å²) in [7, 11) is -2.69. The standard InChI is InChI=1S/C14H24O7S.H2O/c1-13(2)16-7-8(18-13)9-10(21-22(5,6)15)11-12(17-9)20-14(3,4)19-11;/h8-12H,5,7H2,1-4,6H3;1H2/t8-,9-,10+,11-,12-,22?;/m1./s1. The van der Waals surface area contributed by atoms with Gasteiger partial charge in [0.05, 0.1) is 16.4 Å². The van der Waals surface area contributed by atoms with Gasteiger partial charge in [0.1, 0.15) is 24.4 Å². The molecule has 3 fully saturated rings. The summed E-state index contributed by atoms with van der Waals surface area (Å²) in [4.78, 5) is 0. The first kappa shape index (κ1) is 19.1. The van der Waals surface area contributed by atoms with Gasteiger partial charge in [-0.2, -0.15) is 0 Å². The van der Waals surface area contributed by atoms with E-state index in [-0.39, 0.29) is 11.6 Å². The number of hydrogen-bond donors (Lipinski definition) is 0. The number of ether oxygens (including phenoxy) is 5. The maximum Gasteiger partial charge on any atom is 0.190 e. The SMILES string of the molecule is C=S(C)(=O)O[C@@H]1[C@H]2OC(C)(C)O[C@H]2O[C@@H]1[C@H]1COC(C)(C)O1.O. The van der Waals surface area contributed by atoms with Crippen LogP contribution in [-0.4, -0.2) is 70.7 Å². The largest absolute Gasteiger partial charge is 0.412 e. The number of hydrogen-bond acceptors (Lipinski definition) is 7. The molecule has 0 aromatic rings. The Morgan fingerprint density at radius 1 is 1.09 bits per heavy atom. The molecule has 0 aromatic heterocycles. The van der Waals surface area contributed by atoms with Crippen molar-refractivity contribution in [3.05, 3.63) is 0 Å². The quantitative estimate of drug-likeness (QED) is 0.648. The lowest BCUT2D eigenvalue weighted by Crippen LogP contribution is -2.45. The number of rotatable bonds is 3. The Labute approximate surface area is 136 Å². The molecular weight excluding hydrogens is 328 g/mol. The Hall–Kier alpha value is -0.260. The van der Waals surface area contributed by atoms with Crippen molar-refractivity contribution < 1.29 is 37.6 Å². The number of fused-ring (bicyclic) bond motifs is 1. The van der Waals surface area contributed by atoms with E-state index in [1.54, 1.807) is 13.8 Å². The molecule has 3 heterocycles. The molecule has 6 atom stereocenters. The predicted octanol–water partition coefficient (Wildman–Crippen LogP) is -0.164. The lowest BCUT2D eigenvalue weighted by atomic mass is 10.1. The Kier molecular flexibility index (Phi) is 4.91. The van der Waals surface area contributed by atoms with Gasteiger partial charge in [0.2, 0.25) is 0 Å². The zero-order chi connectivity index (χ0) is 16.3. The summed E-state index contributed by atoms with van der Waals surface area (Å²) in [6.45, 7) is 7.62. The summed E-state index contributed by atoms with van der Waals surface area (Å²) in [5, 5.41) is 0. The van der Waals surface area contributed by atoms with E-state index in [1.807, 2.05) is 13.8 Å². The summed E-state index contributed by atoms with van der Waals surface area (Å²) < 4.78 is 46.6. The van der Waals surface area contributed by atoms with Gasteiger partial charge in [0.25, 0.3) is 0 Å². The van der Waals surface area contributed by atoms with Crippen LogP contribution >= 0.6 is 0 Å². The minimum atomic E-state index is -2.69. The van der Waals surface area contributed by atoms with E-state index < -0.39 is 46.0 Å². The first-order valence-electron chi connectivity index (χ1n) is 7.29. The second-order valence-corrected chi connectivity index (χ2v) is 8.97. The van der Waals surface area contributed by atoms with Crippen molar-refractivity contribution in [3.8, 4) is 0 Å². The molecule has 3 aliphatic heterocycles. The third kappa shape index (κ3) is 4.05. The summed E-state index contributed by atoms with van der Waals surface area (Å²) in [6, 6.07) is 0. The van der Waals surface area contributed by atoms with E-state index >= 15 is 0 Å². The molecule has 0 saturated carbocycles. The van der Waals surface area contributed by atoms with Gasteiger partial charge >= 0.3 is 0 Å². The van der Waals surface area contributed by atoms with Crippen LogP contribution in [0.15, 0.2) is 0 Å². The van der Waals surface area contributed by atoms with E-state index in [0.717, 1.165) is 0 Å². The molecule has 8 nitrogen and oxygen atoms in total. The van der Waals surface area contributed by atoms with Crippen LogP contribution in [0.3, 0.4) is 0 Å². The molecular formula is C14H26O8S. The van der Waals surface area contributed by atoms with E-state index in [4.69, 9.17) is 27.9 Å². The van der Waals surface area contributed by atoms with Crippen LogP contribution in [-0.2, 0) is 37.7 Å². The lowest BCUT2D eigenvalue weighted by molar-refractivity contribution is -0.230. The minimum Gasteiger partial charge on any atom is -0.412 e. The van der Waals surface area contributed by atoms with Crippen molar-refractivity contribution in [3.63, 3.8) is 0 Å². The van der Waals surface area contributed by atoms with Crippen molar-refractivity contribution in [1.29, 1.82) is 0 Å². The summed E-state index contributed by atoms with van der Waals surface area (Å²) >= 11 is 0. The van der Waals surface area contributed by atoms with Gasteiger partial charge in [-0.05, 0) is 33.6 Å². The molecule has 3 saturated heterocycles. The van der Waals surface area contributed by atoms with Gasteiger partial charge in [0.15, 0.2) is 17.9 Å². The molecule has 0 aromatic carbocycles. The predicted molar refractivity (Wildman–Crippen MR) is 83.3 cm³/mol. The molecule has 0 bridgehead atoms. The zero-order valence-corrected chi connectivity index (χ0v) is 14.9. The van der Waals surface area contributed by atoms with Crippen molar-refractivity contribution in [1.82, 2.24) is 0 Å². The molecule has 0 aliphatic carbocycles. The van der Waals surface area contributed by atoms with Crippen LogP contribution < -0.4 is 0 Å². The van der Waals surface area contributed by atoms with E-state index in [1.165, 1.54) is 6.26 Å². The second-order valence-electron chi connectivity index (χ2n) is 6.92. The van der Waals surface area contributed by atoms with Crippen molar-refractivity contribution in [2.45, 2.75) is 70.0 Å². The Morgan fingerprint density at radius 3 is 2.26 bits per heavy atom. The highest BCUT2D eigenvalue weighted by molar-refractivity contribution is 7.95. The third-order valence-corrected chi connectivity index (χ3v) is 4.37. The fourth-order valence-electron chi connectivity index (χ4n) is 3.03. The maximum absolute atomic E-state index is 12.0. The zero-order valence-electron chi connectivity index (χ0n) is 14.1. The molecule has 23 heavy (non-hydrogen) atoms. The molecule has 3 rings (SSSR count). The van der Waals surface area contributed by atoms with Gasteiger partial charge in [-0.1, -0.05) is 0 Å². The van der Waals surface area contributed by atoms with Crippen LogP contribution in [0.1, 0.15) is 27.7 Å². The van der Waals surface area contributed by atoms with Gasteiger partial charge in [-0.15, -0.1) is 0 Å². The Morgan fingerprint density at radius 2 is 1.74 bits per heavy atom. The normalized spacial score (nSPS) is 43.6. The van der Waals surface area contributed by atoms with Crippen LogP contribution in [0, 0.1) is 0 Å².